The molecule has 144 valence electrons. The predicted octanol–water partition coefficient (Wildman–Crippen LogP) is 3.37. The monoisotopic (exact) mass is 386 g/mol. The van der Waals surface area contributed by atoms with Gasteiger partial charge in [-0.15, -0.1) is 4.72 Å². The van der Waals surface area contributed by atoms with E-state index >= 15 is 0 Å². The normalized spacial score (nSPS) is 23.2. The van der Waals surface area contributed by atoms with Gasteiger partial charge in [-0.05, 0) is 57.7 Å². The van der Waals surface area contributed by atoms with E-state index in [-0.39, 0.29) is 5.56 Å². The highest BCUT2D eigenvalue weighted by Crippen LogP contribution is 2.53. The van der Waals surface area contributed by atoms with Crippen LogP contribution in [0, 0.1) is 17.0 Å². The predicted molar refractivity (Wildman–Crippen MR) is 95.1 cm³/mol. The number of hydrogen-bond acceptors (Lipinski definition) is 3. The van der Waals surface area contributed by atoms with Crippen molar-refractivity contribution >= 4 is 17.5 Å². The number of carbonyl (C=O) groups is 1. The van der Waals surface area contributed by atoms with Crippen molar-refractivity contribution in [2.45, 2.75) is 50.8 Å². The van der Waals surface area contributed by atoms with Gasteiger partial charge in [-0.25, -0.2) is 13.6 Å². The maximum absolute atomic E-state index is 14.6. The summed E-state index contributed by atoms with van der Waals surface area (Å²) in [4.78, 5) is 12.5. The Morgan fingerprint density at radius 3 is 2.42 bits per heavy atom. The van der Waals surface area contributed by atoms with Gasteiger partial charge in [0, 0.05) is 35.4 Å². The van der Waals surface area contributed by atoms with Crippen LogP contribution < -0.4 is 4.72 Å². The zero-order valence-electron chi connectivity index (χ0n) is 15.1. The van der Waals surface area contributed by atoms with E-state index in [4.69, 9.17) is 0 Å². The first-order valence-corrected chi connectivity index (χ1v) is 9.83. The van der Waals surface area contributed by atoms with Crippen molar-refractivity contribution in [1.82, 2.24) is 9.62 Å². The molecule has 1 aromatic rings. The van der Waals surface area contributed by atoms with Crippen molar-refractivity contribution in [3.05, 3.63) is 34.9 Å². The molecule has 8 heteroatoms. The van der Waals surface area contributed by atoms with Gasteiger partial charge >= 0.3 is 6.09 Å². The minimum absolute atomic E-state index is 0.242. The largest absolute Gasteiger partial charge is 0.598 e. The first kappa shape index (κ1) is 19.4. The fourth-order valence-electron chi connectivity index (χ4n) is 3.94. The molecule has 1 aromatic carbocycles. The molecule has 26 heavy (non-hydrogen) atoms. The fourth-order valence-corrected chi connectivity index (χ4v) is 4.87. The standard InChI is InChI=1S/C18H24F2N2O3S/c1-17(2,3)26(25)21-15-14-11(12(19)4-5-13(14)20)10-18(15)6-8-22(9-7-18)16(23)24/h4-5,15,21H,6-10H2,1-3H3,(H,23,24)/t15-,26+/m0/s1. The van der Waals surface area contributed by atoms with Crippen LogP contribution in [-0.4, -0.2) is 38.5 Å². The number of nitrogens with one attached hydrogen (secondary N) is 1. The summed E-state index contributed by atoms with van der Waals surface area (Å²) in [5, 5.41) is 9.19. The number of likely N-dealkylation sites (tertiary alicyclic amines) is 1. The second-order valence-electron chi connectivity index (χ2n) is 8.16. The molecule has 3 rings (SSSR count). The molecule has 1 aliphatic heterocycles. The molecule has 5 nitrogen and oxygen atoms in total. The molecule has 0 aromatic heterocycles. The molecule has 1 amide bonds. The van der Waals surface area contributed by atoms with Gasteiger partial charge in [0.25, 0.3) is 0 Å². The van der Waals surface area contributed by atoms with E-state index < -0.39 is 45.3 Å². The molecular weight excluding hydrogens is 362 g/mol. The summed E-state index contributed by atoms with van der Waals surface area (Å²) in [6.45, 7) is 6.04. The summed E-state index contributed by atoms with van der Waals surface area (Å²) >= 11 is -1.46. The van der Waals surface area contributed by atoms with Gasteiger partial charge < -0.3 is 14.6 Å². The number of halogens is 2. The topological polar surface area (TPSA) is 75.6 Å². The summed E-state index contributed by atoms with van der Waals surface area (Å²) in [6, 6.07) is 1.62. The third-order valence-electron chi connectivity index (χ3n) is 5.49. The third kappa shape index (κ3) is 3.30. The van der Waals surface area contributed by atoms with E-state index in [0.29, 0.717) is 37.9 Å². The number of carboxylic acid groups (broad SMARTS) is 1. The van der Waals surface area contributed by atoms with E-state index in [1.807, 2.05) is 20.8 Å². The van der Waals surface area contributed by atoms with Crippen molar-refractivity contribution in [2.24, 2.45) is 5.41 Å². The van der Waals surface area contributed by atoms with E-state index in [1.165, 1.54) is 4.90 Å². The zero-order valence-corrected chi connectivity index (χ0v) is 16.0. The van der Waals surface area contributed by atoms with Gasteiger partial charge in [0.05, 0.1) is 6.04 Å². The van der Waals surface area contributed by atoms with Gasteiger partial charge in [0.2, 0.25) is 0 Å². The van der Waals surface area contributed by atoms with Crippen LogP contribution in [0.3, 0.4) is 0 Å². The van der Waals surface area contributed by atoms with Gasteiger partial charge in [-0.3, -0.25) is 0 Å². The lowest BCUT2D eigenvalue weighted by Crippen LogP contribution is -2.50. The van der Waals surface area contributed by atoms with Gasteiger partial charge in [-0.1, -0.05) is 0 Å². The smallest absolute Gasteiger partial charge is 0.407 e. The molecule has 0 bridgehead atoms. The van der Waals surface area contributed by atoms with E-state index in [0.717, 1.165) is 12.1 Å². The lowest BCUT2D eigenvalue weighted by atomic mass is 9.73. The SMILES string of the molecule is CC(C)(C)[S@@+]([O-])N[C@H]1c2c(F)ccc(F)c2CC12CCN(C(=O)O)CC2. The molecule has 0 radical (unpaired) electrons. The lowest BCUT2D eigenvalue weighted by molar-refractivity contribution is 0.0757. The maximum atomic E-state index is 14.6. The molecule has 0 saturated carbocycles. The number of piperidine rings is 1. The number of fused-ring (bicyclic) bond motifs is 1. The van der Waals surface area contributed by atoms with Crippen LogP contribution in [0.1, 0.15) is 50.8 Å². The number of nitrogens with zero attached hydrogens (tertiary/aromatic N) is 1. The summed E-state index contributed by atoms with van der Waals surface area (Å²) < 4.78 is 44.2. The first-order valence-electron chi connectivity index (χ1n) is 8.68. The molecule has 1 aliphatic carbocycles. The van der Waals surface area contributed by atoms with Crippen LogP contribution in [0.5, 0.6) is 0 Å². The molecule has 0 unspecified atom stereocenters. The first-order chi connectivity index (χ1) is 12.0. The quantitative estimate of drug-likeness (QED) is 0.764. The average Bonchev–Trinajstić information content (AvgIpc) is 2.86. The minimum atomic E-state index is -1.46. The molecule has 1 heterocycles. The molecule has 1 saturated heterocycles. The van der Waals surface area contributed by atoms with Crippen LogP contribution in [0.15, 0.2) is 12.1 Å². The summed E-state index contributed by atoms with van der Waals surface area (Å²) in [6.07, 6.45) is 0.256. The molecular formula is C18H24F2N2O3S. The molecule has 2 atom stereocenters. The highest BCUT2D eigenvalue weighted by atomic mass is 32.2. The lowest BCUT2D eigenvalue weighted by Gasteiger charge is -2.43. The summed E-state index contributed by atoms with van der Waals surface area (Å²) in [5.74, 6) is -0.977. The Kier molecular flexibility index (Phi) is 4.96. The van der Waals surface area contributed by atoms with E-state index in [1.54, 1.807) is 0 Å². The van der Waals surface area contributed by atoms with Crippen molar-refractivity contribution < 1.29 is 23.2 Å². The van der Waals surface area contributed by atoms with Gasteiger partial charge in [0.15, 0.2) is 0 Å². The van der Waals surface area contributed by atoms with Crippen LogP contribution in [0.4, 0.5) is 13.6 Å². The van der Waals surface area contributed by atoms with Crippen molar-refractivity contribution in [1.29, 1.82) is 0 Å². The maximum Gasteiger partial charge on any atom is 0.407 e. The van der Waals surface area contributed by atoms with Crippen molar-refractivity contribution in [2.75, 3.05) is 13.1 Å². The van der Waals surface area contributed by atoms with Crippen molar-refractivity contribution in [3.8, 4) is 0 Å². The van der Waals surface area contributed by atoms with Crippen LogP contribution in [-0.2, 0) is 17.8 Å². The Hall–Kier alpha value is -1.38. The molecule has 1 spiro atoms. The average molecular weight is 386 g/mol. The number of benzene rings is 1. The highest BCUT2D eigenvalue weighted by Gasteiger charge is 2.52. The van der Waals surface area contributed by atoms with Crippen LogP contribution in [0.25, 0.3) is 0 Å². The van der Waals surface area contributed by atoms with Gasteiger partial charge in [-0.2, -0.15) is 0 Å². The highest BCUT2D eigenvalue weighted by molar-refractivity contribution is 7.90. The van der Waals surface area contributed by atoms with Gasteiger partial charge in [0.1, 0.15) is 16.4 Å². The third-order valence-corrected chi connectivity index (χ3v) is 7.05. The Morgan fingerprint density at radius 1 is 1.31 bits per heavy atom. The van der Waals surface area contributed by atoms with Crippen molar-refractivity contribution in [3.63, 3.8) is 0 Å². The Balaban J connectivity index is 1.98. The molecule has 2 N–H and O–H groups in total. The summed E-state index contributed by atoms with van der Waals surface area (Å²) in [7, 11) is 0. The molecule has 2 aliphatic rings. The second kappa shape index (κ2) is 6.65. The Labute approximate surface area is 155 Å². The summed E-state index contributed by atoms with van der Waals surface area (Å²) in [5.41, 5.74) is 0.0154. The minimum Gasteiger partial charge on any atom is -0.598 e. The Morgan fingerprint density at radius 2 is 1.88 bits per heavy atom. The number of hydrogen-bond donors (Lipinski definition) is 2. The van der Waals surface area contributed by atoms with E-state index in [2.05, 4.69) is 4.72 Å². The van der Waals surface area contributed by atoms with Crippen LogP contribution >= 0.6 is 0 Å². The van der Waals surface area contributed by atoms with E-state index in [9.17, 15) is 23.2 Å². The van der Waals surface area contributed by atoms with Crippen LogP contribution in [0.2, 0.25) is 0 Å². The second-order valence-corrected chi connectivity index (χ2v) is 10.2. The number of amides is 1. The zero-order chi connectivity index (χ0) is 19.3. The Bertz CT molecular complexity index is 715. The number of rotatable bonds is 2. The molecule has 1 fully saturated rings. The fraction of sp³-hybridized carbons (Fsp3) is 0.611.